The molecule has 1 aromatic carbocycles. The van der Waals surface area contributed by atoms with Crippen LogP contribution in [0.1, 0.15) is 16.8 Å². The van der Waals surface area contributed by atoms with Crippen molar-refractivity contribution in [2.45, 2.75) is 6.42 Å². The minimum atomic E-state index is -0.587. The number of para-hydroxylation sites is 1. The van der Waals surface area contributed by atoms with Crippen molar-refractivity contribution in [3.05, 3.63) is 33.9 Å². The maximum absolute atomic E-state index is 12.1. The molecule has 1 fully saturated rings. The highest BCUT2D eigenvalue weighted by molar-refractivity contribution is 6.00. The lowest BCUT2D eigenvalue weighted by atomic mass is 10.1. The standard InChI is InChI=1S/C14H21N5O3/c15-13-11(3-1-4-12(13)19(21)22)14(20)17-5-2-8-18-9-6-16-7-10-18/h1,3-4,16H,2,5-10,15H2,(H,17,20). The Morgan fingerprint density at radius 1 is 1.41 bits per heavy atom. The van der Waals surface area contributed by atoms with Crippen LogP contribution >= 0.6 is 0 Å². The molecule has 0 unspecified atom stereocenters. The van der Waals surface area contributed by atoms with E-state index < -0.39 is 4.92 Å². The topological polar surface area (TPSA) is 114 Å². The quantitative estimate of drug-likeness (QED) is 0.299. The molecule has 8 nitrogen and oxygen atoms in total. The Kier molecular flexibility index (Phi) is 5.68. The number of hydrogen-bond donors (Lipinski definition) is 3. The van der Waals surface area contributed by atoms with Gasteiger partial charge in [0.2, 0.25) is 0 Å². The van der Waals surface area contributed by atoms with E-state index in [2.05, 4.69) is 15.5 Å². The summed E-state index contributed by atoms with van der Waals surface area (Å²) in [6, 6.07) is 4.24. The third-order valence-corrected chi connectivity index (χ3v) is 3.67. The molecule has 1 aromatic rings. The highest BCUT2D eigenvalue weighted by Gasteiger charge is 2.18. The molecule has 1 saturated heterocycles. The van der Waals surface area contributed by atoms with Gasteiger partial charge in [-0.25, -0.2) is 0 Å². The summed E-state index contributed by atoms with van der Waals surface area (Å²) in [5.74, 6) is -0.374. The summed E-state index contributed by atoms with van der Waals surface area (Å²) in [7, 11) is 0. The van der Waals surface area contributed by atoms with Crippen LogP contribution in [0, 0.1) is 10.1 Å². The number of benzene rings is 1. The van der Waals surface area contributed by atoms with E-state index >= 15 is 0 Å². The largest absolute Gasteiger partial charge is 0.393 e. The van der Waals surface area contributed by atoms with Gasteiger partial charge < -0.3 is 21.3 Å². The minimum absolute atomic E-state index is 0.0906. The molecule has 0 atom stereocenters. The molecule has 1 amide bonds. The van der Waals surface area contributed by atoms with Gasteiger partial charge in [-0.05, 0) is 19.0 Å². The predicted molar refractivity (Wildman–Crippen MR) is 83.8 cm³/mol. The molecule has 0 aromatic heterocycles. The number of nitrogens with one attached hydrogen (secondary N) is 2. The first-order chi connectivity index (χ1) is 10.6. The minimum Gasteiger partial charge on any atom is -0.393 e. The number of anilines is 1. The third-order valence-electron chi connectivity index (χ3n) is 3.67. The van der Waals surface area contributed by atoms with Crippen LogP contribution in [0.4, 0.5) is 11.4 Å². The molecule has 0 aliphatic carbocycles. The predicted octanol–water partition coefficient (Wildman–Crippen LogP) is 0.202. The van der Waals surface area contributed by atoms with Crippen molar-refractivity contribution in [3.63, 3.8) is 0 Å². The van der Waals surface area contributed by atoms with E-state index in [1.54, 1.807) is 0 Å². The molecular formula is C14H21N5O3. The maximum atomic E-state index is 12.1. The fraction of sp³-hybridized carbons (Fsp3) is 0.500. The van der Waals surface area contributed by atoms with Gasteiger partial charge in [-0.3, -0.25) is 14.9 Å². The first kappa shape index (κ1) is 16.2. The molecule has 1 heterocycles. The number of hydrogen-bond acceptors (Lipinski definition) is 6. The summed E-state index contributed by atoms with van der Waals surface area (Å²) < 4.78 is 0. The van der Waals surface area contributed by atoms with E-state index in [9.17, 15) is 14.9 Å². The zero-order valence-corrected chi connectivity index (χ0v) is 12.4. The Labute approximate surface area is 128 Å². The van der Waals surface area contributed by atoms with Crippen molar-refractivity contribution in [1.82, 2.24) is 15.5 Å². The number of piperazine rings is 1. The SMILES string of the molecule is Nc1c(C(=O)NCCCN2CCNCC2)cccc1[N+](=O)[O-]. The molecule has 2 rings (SSSR count). The Balaban J connectivity index is 1.82. The number of nitro benzene ring substituents is 1. The lowest BCUT2D eigenvalue weighted by Gasteiger charge is -2.27. The molecule has 22 heavy (non-hydrogen) atoms. The number of nitro groups is 1. The van der Waals surface area contributed by atoms with Crippen molar-refractivity contribution in [3.8, 4) is 0 Å². The molecule has 1 aliphatic rings. The van der Waals surface area contributed by atoms with Crippen LogP contribution < -0.4 is 16.4 Å². The molecule has 8 heteroatoms. The van der Waals surface area contributed by atoms with Gasteiger partial charge in [0, 0.05) is 38.8 Å². The van der Waals surface area contributed by atoms with Gasteiger partial charge in [0.25, 0.3) is 11.6 Å². The van der Waals surface area contributed by atoms with Crippen molar-refractivity contribution >= 4 is 17.3 Å². The molecule has 0 spiro atoms. The van der Waals surface area contributed by atoms with E-state index in [1.807, 2.05) is 0 Å². The summed E-state index contributed by atoms with van der Waals surface area (Å²) in [6.07, 6.45) is 0.834. The number of nitrogens with zero attached hydrogens (tertiary/aromatic N) is 2. The Bertz CT molecular complexity index is 543. The van der Waals surface area contributed by atoms with Gasteiger partial charge in [-0.15, -0.1) is 0 Å². The zero-order chi connectivity index (χ0) is 15.9. The third kappa shape index (κ3) is 4.15. The summed E-state index contributed by atoms with van der Waals surface area (Å²) in [5.41, 5.74) is 5.51. The summed E-state index contributed by atoms with van der Waals surface area (Å²) in [6.45, 7) is 5.47. The van der Waals surface area contributed by atoms with E-state index in [-0.39, 0.29) is 22.8 Å². The smallest absolute Gasteiger partial charge is 0.292 e. The van der Waals surface area contributed by atoms with Gasteiger partial charge in [0.05, 0.1) is 10.5 Å². The lowest BCUT2D eigenvalue weighted by Crippen LogP contribution is -2.44. The molecule has 0 radical (unpaired) electrons. The van der Waals surface area contributed by atoms with Crippen LogP contribution in [0.15, 0.2) is 18.2 Å². The first-order valence-electron chi connectivity index (χ1n) is 7.33. The van der Waals surface area contributed by atoms with Gasteiger partial charge >= 0.3 is 0 Å². The highest BCUT2D eigenvalue weighted by Crippen LogP contribution is 2.24. The Morgan fingerprint density at radius 2 is 2.14 bits per heavy atom. The summed E-state index contributed by atoms with van der Waals surface area (Å²) in [5, 5.41) is 16.9. The maximum Gasteiger partial charge on any atom is 0.292 e. The van der Waals surface area contributed by atoms with Gasteiger partial charge in [-0.2, -0.15) is 0 Å². The Hall–Kier alpha value is -2.19. The van der Waals surface area contributed by atoms with Gasteiger partial charge in [0.15, 0.2) is 0 Å². The second-order valence-electron chi connectivity index (χ2n) is 5.20. The monoisotopic (exact) mass is 307 g/mol. The summed E-state index contributed by atoms with van der Waals surface area (Å²) >= 11 is 0. The van der Waals surface area contributed by atoms with Crippen LogP contribution in [0.5, 0.6) is 0 Å². The van der Waals surface area contributed by atoms with E-state index in [1.165, 1.54) is 18.2 Å². The lowest BCUT2D eigenvalue weighted by molar-refractivity contribution is -0.383. The normalized spacial score (nSPS) is 15.5. The van der Waals surface area contributed by atoms with Crippen molar-refractivity contribution in [2.24, 2.45) is 0 Å². The first-order valence-corrected chi connectivity index (χ1v) is 7.33. The van der Waals surface area contributed by atoms with Gasteiger partial charge in [0.1, 0.15) is 5.69 Å². The van der Waals surface area contributed by atoms with Crippen molar-refractivity contribution < 1.29 is 9.72 Å². The number of nitrogen functional groups attached to an aromatic ring is 1. The number of rotatable bonds is 6. The van der Waals surface area contributed by atoms with Crippen LogP contribution in [-0.4, -0.2) is 55.0 Å². The zero-order valence-electron chi connectivity index (χ0n) is 12.4. The molecule has 0 saturated carbocycles. The van der Waals surface area contributed by atoms with Gasteiger partial charge in [-0.1, -0.05) is 6.07 Å². The van der Waals surface area contributed by atoms with E-state index in [0.29, 0.717) is 6.54 Å². The second-order valence-corrected chi connectivity index (χ2v) is 5.20. The number of amides is 1. The highest BCUT2D eigenvalue weighted by atomic mass is 16.6. The molecule has 0 bridgehead atoms. The van der Waals surface area contributed by atoms with Crippen molar-refractivity contribution in [1.29, 1.82) is 0 Å². The number of carbonyl (C=O) groups excluding carboxylic acids is 1. The van der Waals surface area contributed by atoms with E-state index in [0.717, 1.165) is 39.1 Å². The van der Waals surface area contributed by atoms with Crippen LogP contribution in [-0.2, 0) is 0 Å². The molecule has 4 N–H and O–H groups in total. The summed E-state index contributed by atoms with van der Waals surface area (Å²) in [4.78, 5) is 24.6. The fourth-order valence-corrected chi connectivity index (χ4v) is 2.44. The van der Waals surface area contributed by atoms with Crippen LogP contribution in [0.25, 0.3) is 0 Å². The number of carbonyl (C=O) groups is 1. The molecular weight excluding hydrogens is 286 g/mol. The van der Waals surface area contributed by atoms with Crippen LogP contribution in [0.3, 0.4) is 0 Å². The Morgan fingerprint density at radius 3 is 2.82 bits per heavy atom. The van der Waals surface area contributed by atoms with E-state index in [4.69, 9.17) is 5.73 Å². The average Bonchev–Trinajstić information content (AvgIpc) is 2.52. The van der Waals surface area contributed by atoms with Crippen molar-refractivity contribution in [2.75, 3.05) is 45.0 Å². The fourth-order valence-electron chi connectivity index (χ4n) is 2.44. The van der Waals surface area contributed by atoms with Crippen LogP contribution in [0.2, 0.25) is 0 Å². The molecule has 120 valence electrons. The second kappa shape index (κ2) is 7.71. The average molecular weight is 307 g/mol. The molecule has 1 aliphatic heterocycles. The number of nitrogens with two attached hydrogens (primary N) is 1.